The van der Waals surface area contributed by atoms with Gasteiger partial charge in [-0.05, 0) is 69.2 Å². The zero-order valence-corrected chi connectivity index (χ0v) is 16.2. The van der Waals surface area contributed by atoms with Gasteiger partial charge in [-0.25, -0.2) is 9.78 Å². The molecule has 0 aromatic carbocycles. The van der Waals surface area contributed by atoms with Crippen LogP contribution < -0.4 is 10.5 Å². The predicted molar refractivity (Wildman–Crippen MR) is 103 cm³/mol. The van der Waals surface area contributed by atoms with Gasteiger partial charge in [0.2, 0.25) is 5.82 Å². The first kappa shape index (κ1) is 19.1. The number of H-pyrrole nitrogens is 1. The third-order valence-electron chi connectivity index (χ3n) is 5.85. The molecule has 0 saturated carbocycles. The molecule has 4 rings (SSSR count). The highest BCUT2D eigenvalue weighted by Crippen LogP contribution is 2.39. The summed E-state index contributed by atoms with van der Waals surface area (Å²) >= 11 is 0. The number of hydrogen-bond acceptors (Lipinski definition) is 7. The van der Waals surface area contributed by atoms with E-state index in [-0.39, 0.29) is 0 Å². The predicted octanol–water partition coefficient (Wildman–Crippen LogP) is 2.48. The van der Waals surface area contributed by atoms with Gasteiger partial charge < -0.3 is 14.4 Å². The average molecular weight is 388 g/mol. The molecule has 0 aliphatic carbocycles. The summed E-state index contributed by atoms with van der Waals surface area (Å²) in [7, 11) is 0. The van der Waals surface area contributed by atoms with Gasteiger partial charge in [0.15, 0.2) is 0 Å². The van der Waals surface area contributed by atoms with Gasteiger partial charge in [-0.15, -0.1) is 0 Å². The topological polar surface area (TPSA) is 93.5 Å². The molecule has 0 atom stereocenters. The fraction of sp³-hybridized carbons (Fsp3) is 0.650. The van der Waals surface area contributed by atoms with Crippen molar-refractivity contribution in [1.29, 1.82) is 0 Å². The van der Waals surface area contributed by atoms with E-state index >= 15 is 0 Å². The normalized spacial score (nSPS) is 19.7. The minimum absolute atomic E-state index is 0.320. The lowest BCUT2D eigenvalue weighted by molar-refractivity contribution is -0.0276. The largest absolute Gasteiger partial charge is 0.492 e. The number of unbranched alkanes of at least 4 members (excludes halogenated alkanes) is 1. The molecule has 2 aromatic rings. The van der Waals surface area contributed by atoms with Gasteiger partial charge in [0.05, 0.1) is 12.8 Å². The maximum absolute atomic E-state index is 11.0. The van der Waals surface area contributed by atoms with Crippen LogP contribution in [-0.4, -0.2) is 59.5 Å². The highest BCUT2D eigenvalue weighted by Gasteiger charge is 2.36. The van der Waals surface area contributed by atoms with Crippen molar-refractivity contribution in [3.8, 4) is 17.3 Å². The van der Waals surface area contributed by atoms with Gasteiger partial charge in [0.25, 0.3) is 0 Å². The Labute approximate surface area is 164 Å². The molecule has 2 fully saturated rings. The van der Waals surface area contributed by atoms with Crippen LogP contribution >= 0.6 is 0 Å². The molecule has 1 spiro atoms. The van der Waals surface area contributed by atoms with Crippen LogP contribution in [0.25, 0.3) is 11.5 Å². The molecule has 8 heteroatoms. The van der Waals surface area contributed by atoms with Gasteiger partial charge in [-0.3, -0.25) is 9.51 Å². The van der Waals surface area contributed by atoms with Crippen LogP contribution in [0.4, 0.5) is 0 Å². The van der Waals surface area contributed by atoms with E-state index < -0.39 is 5.76 Å². The van der Waals surface area contributed by atoms with E-state index in [0.717, 1.165) is 32.6 Å². The molecule has 152 valence electrons. The number of pyridine rings is 1. The number of nitrogens with zero attached hydrogens (tertiary/aromatic N) is 3. The number of aromatic amines is 1. The minimum Gasteiger partial charge on any atom is -0.492 e. The summed E-state index contributed by atoms with van der Waals surface area (Å²) in [6.45, 7) is 6.13. The number of nitrogens with one attached hydrogen (secondary N) is 1. The van der Waals surface area contributed by atoms with Crippen LogP contribution in [0, 0.1) is 5.41 Å². The molecule has 2 aromatic heterocycles. The third kappa shape index (κ3) is 4.80. The highest BCUT2D eigenvalue weighted by atomic mass is 16.5. The van der Waals surface area contributed by atoms with Crippen LogP contribution in [0.3, 0.4) is 0 Å². The van der Waals surface area contributed by atoms with Crippen LogP contribution in [0.2, 0.25) is 0 Å². The number of aromatic nitrogens is 3. The fourth-order valence-electron chi connectivity index (χ4n) is 4.29. The Morgan fingerprint density at radius 1 is 1.21 bits per heavy atom. The second kappa shape index (κ2) is 8.87. The number of hydrogen-bond donors (Lipinski definition) is 1. The van der Waals surface area contributed by atoms with Crippen LogP contribution in [0.5, 0.6) is 5.75 Å². The van der Waals surface area contributed by atoms with Crippen molar-refractivity contribution in [2.24, 2.45) is 5.41 Å². The fourth-order valence-corrected chi connectivity index (χ4v) is 4.29. The summed E-state index contributed by atoms with van der Waals surface area (Å²) in [6.07, 6.45) is 8.91. The highest BCUT2D eigenvalue weighted by molar-refractivity contribution is 5.48. The van der Waals surface area contributed by atoms with E-state index in [9.17, 15) is 4.79 Å². The summed E-state index contributed by atoms with van der Waals surface area (Å²) in [5.41, 5.74) is 1.06. The number of rotatable bonds is 7. The van der Waals surface area contributed by atoms with Gasteiger partial charge >= 0.3 is 5.76 Å². The monoisotopic (exact) mass is 388 g/mol. The van der Waals surface area contributed by atoms with Crippen LogP contribution in [-0.2, 0) is 4.74 Å². The molecule has 0 radical (unpaired) electrons. The van der Waals surface area contributed by atoms with Crippen molar-refractivity contribution in [1.82, 2.24) is 20.0 Å². The van der Waals surface area contributed by atoms with Crippen LogP contribution in [0.1, 0.15) is 38.5 Å². The van der Waals surface area contributed by atoms with Gasteiger partial charge in [0, 0.05) is 19.8 Å². The molecule has 1 N–H and O–H groups in total. The van der Waals surface area contributed by atoms with Crippen molar-refractivity contribution < 1.29 is 14.0 Å². The lowest BCUT2D eigenvalue weighted by Crippen LogP contribution is -2.46. The molecule has 2 aliphatic heterocycles. The Morgan fingerprint density at radius 2 is 2.11 bits per heavy atom. The second-order valence-electron chi connectivity index (χ2n) is 7.87. The van der Waals surface area contributed by atoms with E-state index in [1.165, 1.54) is 38.8 Å². The van der Waals surface area contributed by atoms with E-state index in [2.05, 4.69) is 24.5 Å². The summed E-state index contributed by atoms with van der Waals surface area (Å²) in [5.74, 6) is 0.447. The second-order valence-corrected chi connectivity index (χ2v) is 7.87. The van der Waals surface area contributed by atoms with Crippen molar-refractivity contribution in [3.63, 3.8) is 0 Å². The van der Waals surface area contributed by atoms with Crippen molar-refractivity contribution in [2.45, 2.75) is 38.5 Å². The van der Waals surface area contributed by atoms with Crippen molar-refractivity contribution in [3.05, 3.63) is 28.9 Å². The standard InChI is InChI=1S/C20H28N4O4/c25-19-22-18(23-28-19)17-5-4-16(14-21-17)27-11-2-1-9-24-10-3-6-20(15-24)7-12-26-13-8-20/h4-5,14H,1-3,6-13,15H2,(H,22,23,25). The molecule has 2 saturated heterocycles. The Morgan fingerprint density at radius 3 is 2.86 bits per heavy atom. The summed E-state index contributed by atoms with van der Waals surface area (Å²) in [5, 5.41) is 3.62. The van der Waals surface area contributed by atoms with Crippen LogP contribution in [0.15, 0.2) is 27.6 Å². The van der Waals surface area contributed by atoms with Gasteiger partial charge in [-0.2, -0.15) is 0 Å². The number of likely N-dealkylation sites (tertiary alicyclic amines) is 1. The summed E-state index contributed by atoms with van der Waals surface area (Å²) in [4.78, 5) is 20.3. The molecular formula is C20H28N4O4. The first-order chi connectivity index (χ1) is 13.7. The molecular weight excluding hydrogens is 360 g/mol. The zero-order chi connectivity index (χ0) is 19.2. The third-order valence-corrected chi connectivity index (χ3v) is 5.85. The van der Waals surface area contributed by atoms with Gasteiger partial charge in [-0.1, -0.05) is 5.16 Å². The van der Waals surface area contributed by atoms with Crippen molar-refractivity contribution >= 4 is 0 Å². The van der Waals surface area contributed by atoms with E-state index in [4.69, 9.17) is 9.47 Å². The lowest BCUT2D eigenvalue weighted by atomic mass is 9.74. The Kier molecular flexibility index (Phi) is 6.07. The lowest BCUT2D eigenvalue weighted by Gasteiger charge is -2.45. The Hall–Kier alpha value is -2.19. The Balaban J connectivity index is 1.16. The molecule has 4 heterocycles. The van der Waals surface area contributed by atoms with Crippen molar-refractivity contribution in [2.75, 3.05) is 39.5 Å². The quantitative estimate of drug-likeness (QED) is 0.728. The zero-order valence-electron chi connectivity index (χ0n) is 16.2. The van der Waals surface area contributed by atoms with E-state index in [1.54, 1.807) is 12.3 Å². The van der Waals surface area contributed by atoms with E-state index in [0.29, 0.717) is 29.3 Å². The average Bonchev–Trinajstić information content (AvgIpc) is 3.15. The first-order valence-electron chi connectivity index (χ1n) is 10.2. The molecule has 0 amide bonds. The molecule has 28 heavy (non-hydrogen) atoms. The summed E-state index contributed by atoms with van der Waals surface area (Å²) in [6, 6.07) is 3.58. The summed E-state index contributed by atoms with van der Waals surface area (Å²) < 4.78 is 15.8. The smallest absolute Gasteiger partial charge is 0.439 e. The number of ether oxygens (including phenoxy) is 2. The molecule has 0 bridgehead atoms. The maximum Gasteiger partial charge on any atom is 0.439 e. The molecule has 2 aliphatic rings. The van der Waals surface area contributed by atoms with E-state index in [1.807, 2.05) is 6.07 Å². The Bertz CT molecular complexity index is 790. The SMILES string of the molecule is O=c1[nH]c(-c2ccc(OCCCCN3CCCC4(CCOCC4)C3)cn2)no1. The minimum atomic E-state index is -0.589. The number of piperidine rings is 1. The van der Waals surface area contributed by atoms with Gasteiger partial charge in [0.1, 0.15) is 11.4 Å². The molecule has 0 unspecified atom stereocenters. The maximum atomic E-state index is 11.0. The first-order valence-corrected chi connectivity index (χ1v) is 10.2. The molecule has 8 nitrogen and oxygen atoms in total.